The van der Waals surface area contributed by atoms with Crippen molar-refractivity contribution in [2.75, 3.05) is 0 Å². The fourth-order valence-electron chi connectivity index (χ4n) is 5.33. The predicted octanol–water partition coefficient (Wildman–Crippen LogP) is 9.41. The Kier molecular flexibility index (Phi) is 9.74. The van der Waals surface area contributed by atoms with E-state index in [2.05, 4.69) is 19.1 Å². The number of hydrogen-bond acceptors (Lipinski definition) is 0. The summed E-state index contributed by atoms with van der Waals surface area (Å²) in [7, 11) is 0. The molecule has 3 heteroatoms. The van der Waals surface area contributed by atoms with Gasteiger partial charge in [-0.05, 0) is 67.2 Å². The first kappa shape index (κ1) is 24.1. The molecule has 1 aromatic carbocycles. The molecule has 0 nitrogen and oxygen atoms in total. The molecule has 1 saturated carbocycles. The molecule has 0 aliphatic heterocycles. The largest absolute Gasteiger partial charge is 0.204 e. The normalized spacial score (nSPS) is 23.7. The van der Waals surface area contributed by atoms with Gasteiger partial charge in [-0.15, -0.1) is 0 Å². The highest BCUT2D eigenvalue weighted by molar-refractivity contribution is 5.35. The molecule has 172 valence electrons. The molecule has 0 amide bonds. The summed E-state index contributed by atoms with van der Waals surface area (Å²) in [6.45, 7) is 2.27. The van der Waals surface area contributed by atoms with Crippen molar-refractivity contribution in [3.05, 3.63) is 58.9 Å². The molecule has 1 atom stereocenters. The highest BCUT2D eigenvalue weighted by atomic mass is 19.2. The van der Waals surface area contributed by atoms with Crippen molar-refractivity contribution in [1.82, 2.24) is 0 Å². The maximum absolute atomic E-state index is 13.5. The molecule has 0 radical (unpaired) electrons. The van der Waals surface area contributed by atoms with Crippen LogP contribution in [0.1, 0.15) is 108 Å². The van der Waals surface area contributed by atoms with Gasteiger partial charge in [0.15, 0.2) is 17.5 Å². The average molecular weight is 433 g/mol. The second-order valence-corrected chi connectivity index (χ2v) is 9.69. The zero-order valence-electron chi connectivity index (χ0n) is 19.2. The van der Waals surface area contributed by atoms with Gasteiger partial charge < -0.3 is 0 Å². The maximum Gasteiger partial charge on any atom is 0.194 e. The van der Waals surface area contributed by atoms with E-state index in [-0.39, 0.29) is 5.92 Å². The molecule has 1 aromatic rings. The third-order valence-corrected chi connectivity index (χ3v) is 7.35. The quantitative estimate of drug-likeness (QED) is 0.241. The second-order valence-electron chi connectivity index (χ2n) is 9.69. The van der Waals surface area contributed by atoms with E-state index in [0.29, 0.717) is 11.5 Å². The molecule has 0 saturated heterocycles. The molecular formula is C28H39F3. The number of hydrogen-bond donors (Lipinski definition) is 0. The van der Waals surface area contributed by atoms with E-state index in [1.165, 1.54) is 89.0 Å². The number of unbranched alkanes of at least 4 members (excludes halogenated alkanes) is 7. The molecule has 2 aliphatic rings. The van der Waals surface area contributed by atoms with E-state index in [0.717, 1.165) is 24.5 Å². The van der Waals surface area contributed by atoms with Crippen LogP contribution in [-0.4, -0.2) is 0 Å². The Hall–Kier alpha value is -1.51. The zero-order chi connectivity index (χ0) is 22.1. The number of halogens is 3. The third kappa shape index (κ3) is 7.26. The minimum atomic E-state index is -1.39. The molecule has 1 fully saturated rings. The SMILES string of the molecule is CCCCCCCCCCC1CCC(C2=CCC(c3cc(F)c(F)c(F)c3)C=C2)CC1. The van der Waals surface area contributed by atoms with Crippen LogP contribution in [-0.2, 0) is 0 Å². The van der Waals surface area contributed by atoms with E-state index < -0.39 is 17.5 Å². The summed E-state index contributed by atoms with van der Waals surface area (Å²) in [4.78, 5) is 0. The maximum atomic E-state index is 13.5. The van der Waals surface area contributed by atoms with Gasteiger partial charge in [-0.1, -0.05) is 82.9 Å². The predicted molar refractivity (Wildman–Crippen MR) is 124 cm³/mol. The standard InChI is InChI=1S/C28H39F3/c1-2-3-4-5-6-7-8-9-10-21-11-13-22(14-12-21)23-15-17-24(18-16-23)25-19-26(29)28(31)27(30)20-25/h15-17,19-22,24H,2-14,18H2,1H3. The van der Waals surface area contributed by atoms with Crippen LogP contribution in [0.3, 0.4) is 0 Å². The van der Waals surface area contributed by atoms with Crippen molar-refractivity contribution in [1.29, 1.82) is 0 Å². The lowest BCUT2D eigenvalue weighted by Gasteiger charge is -2.31. The van der Waals surface area contributed by atoms with Crippen LogP contribution in [0.5, 0.6) is 0 Å². The van der Waals surface area contributed by atoms with Crippen LogP contribution in [0.15, 0.2) is 35.9 Å². The van der Waals surface area contributed by atoms with Crippen molar-refractivity contribution < 1.29 is 13.2 Å². The molecule has 0 bridgehead atoms. The van der Waals surface area contributed by atoms with Crippen molar-refractivity contribution in [3.8, 4) is 0 Å². The third-order valence-electron chi connectivity index (χ3n) is 7.35. The van der Waals surface area contributed by atoms with Crippen LogP contribution in [0.25, 0.3) is 0 Å². The first-order valence-corrected chi connectivity index (χ1v) is 12.6. The molecule has 1 unspecified atom stereocenters. The van der Waals surface area contributed by atoms with Crippen molar-refractivity contribution in [2.45, 2.75) is 103 Å². The van der Waals surface area contributed by atoms with Gasteiger partial charge in [-0.2, -0.15) is 0 Å². The number of benzene rings is 1. The minimum absolute atomic E-state index is 0.0772. The fraction of sp³-hybridized carbons (Fsp3) is 0.643. The Morgan fingerprint density at radius 2 is 1.42 bits per heavy atom. The summed E-state index contributed by atoms with van der Waals surface area (Å²) >= 11 is 0. The minimum Gasteiger partial charge on any atom is -0.204 e. The molecule has 0 spiro atoms. The molecular weight excluding hydrogens is 393 g/mol. The summed E-state index contributed by atoms with van der Waals surface area (Å²) in [5.41, 5.74) is 1.89. The van der Waals surface area contributed by atoms with Gasteiger partial charge in [0, 0.05) is 5.92 Å². The van der Waals surface area contributed by atoms with Gasteiger partial charge in [0.2, 0.25) is 0 Å². The Bertz CT molecular complexity index is 718. The molecule has 2 aliphatic carbocycles. The Balaban J connectivity index is 1.35. The summed E-state index contributed by atoms with van der Waals surface area (Å²) in [6, 6.07) is 2.26. The first-order chi connectivity index (χ1) is 15.1. The van der Waals surface area contributed by atoms with Gasteiger partial charge in [0.05, 0.1) is 0 Å². The molecule has 0 N–H and O–H groups in total. The van der Waals surface area contributed by atoms with Gasteiger partial charge in [0.25, 0.3) is 0 Å². The highest BCUT2D eigenvalue weighted by Crippen LogP contribution is 2.39. The van der Waals surface area contributed by atoms with Crippen LogP contribution < -0.4 is 0 Å². The average Bonchev–Trinajstić information content (AvgIpc) is 2.79. The molecule has 0 heterocycles. The zero-order valence-corrected chi connectivity index (χ0v) is 19.2. The van der Waals surface area contributed by atoms with Gasteiger partial charge in [0.1, 0.15) is 0 Å². The monoisotopic (exact) mass is 432 g/mol. The molecule has 31 heavy (non-hydrogen) atoms. The summed E-state index contributed by atoms with van der Waals surface area (Å²) in [5, 5.41) is 0. The number of rotatable bonds is 11. The van der Waals surface area contributed by atoms with E-state index in [1.807, 2.05) is 6.08 Å². The smallest absolute Gasteiger partial charge is 0.194 e. The van der Waals surface area contributed by atoms with E-state index in [9.17, 15) is 13.2 Å². The van der Waals surface area contributed by atoms with Crippen molar-refractivity contribution in [3.63, 3.8) is 0 Å². The summed E-state index contributed by atoms with van der Waals surface area (Å²) in [6.07, 6.45) is 24.8. The molecule has 0 aromatic heterocycles. The lowest BCUT2D eigenvalue weighted by Crippen LogP contribution is -2.17. The lowest BCUT2D eigenvalue weighted by molar-refractivity contribution is 0.282. The second kappa shape index (κ2) is 12.5. The Morgan fingerprint density at radius 3 is 2.00 bits per heavy atom. The number of allylic oxidation sites excluding steroid dienone is 4. The molecule has 3 rings (SSSR count). The van der Waals surface area contributed by atoms with Gasteiger partial charge in [-0.3, -0.25) is 0 Å². The van der Waals surface area contributed by atoms with E-state index in [1.54, 1.807) is 0 Å². The van der Waals surface area contributed by atoms with E-state index >= 15 is 0 Å². The van der Waals surface area contributed by atoms with Crippen molar-refractivity contribution >= 4 is 0 Å². The van der Waals surface area contributed by atoms with Gasteiger partial charge >= 0.3 is 0 Å². The highest BCUT2D eigenvalue weighted by Gasteiger charge is 2.24. The van der Waals surface area contributed by atoms with Crippen LogP contribution in [0, 0.1) is 29.3 Å². The summed E-state index contributed by atoms with van der Waals surface area (Å²) in [5.74, 6) is -2.16. The van der Waals surface area contributed by atoms with E-state index in [4.69, 9.17) is 0 Å². The topological polar surface area (TPSA) is 0 Å². The van der Waals surface area contributed by atoms with Crippen LogP contribution in [0.2, 0.25) is 0 Å². The van der Waals surface area contributed by atoms with Crippen LogP contribution >= 0.6 is 0 Å². The Morgan fingerprint density at radius 1 is 0.806 bits per heavy atom. The summed E-state index contributed by atoms with van der Waals surface area (Å²) < 4.78 is 40.3. The fourth-order valence-corrected chi connectivity index (χ4v) is 5.33. The van der Waals surface area contributed by atoms with Gasteiger partial charge in [-0.25, -0.2) is 13.2 Å². The first-order valence-electron chi connectivity index (χ1n) is 12.6. The lowest BCUT2D eigenvalue weighted by atomic mass is 9.75. The van der Waals surface area contributed by atoms with Crippen LogP contribution in [0.4, 0.5) is 13.2 Å². The Labute approximate surface area is 187 Å². The van der Waals surface area contributed by atoms with Crippen molar-refractivity contribution in [2.24, 2.45) is 11.8 Å².